The fourth-order valence-electron chi connectivity index (χ4n) is 0.804. The highest BCUT2D eigenvalue weighted by Gasteiger charge is 2.04. The van der Waals surface area contributed by atoms with Crippen LogP contribution in [0.4, 0.5) is 0 Å². The minimum Gasteiger partial charge on any atom is -0.379 e. The average molecular weight is 251 g/mol. The zero-order valence-electron chi connectivity index (χ0n) is 10.7. The fourth-order valence-corrected chi connectivity index (χ4v) is 1.38. The first-order valence-corrected chi connectivity index (χ1v) is 7.13. The second-order valence-corrected chi connectivity index (χ2v) is 5.41. The van der Waals surface area contributed by atoms with Crippen LogP contribution in [-0.4, -0.2) is 57.2 Å². The van der Waals surface area contributed by atoms with E-state index >= 15 is 0 Å². The van der Waals surface area contributed by atoms with E-state index in [1.165, 1.54) is 19.3 Å². The van der Waals surface area contributed by atoms with Crippen molar-refractivity contribution in [1.82, 2.24) is 5.32 Å². The van der Waals surface area contributed by atoms with E-state index in [2.05, 4.69) is 5.32 Å². The summed E-state index contributed by atoms with van der Waals surface area (Å²) >= 11 is 0. The normalized spacial score (nSPS) is 18.0. The monoisotopic (exact) mass is 251 g/mol. The second kappa shape index (κ2) is 13.1. The van der Waals surface area contributed by atoms with Crippen molar-refractivity contribution in [2.75, 3.05) is 47.6 Å². The van der Waals surface area contributed by atoms with Crippen LogP contribution in [0.1, 0.15) is 19.3 Å². The Kier molecular flexibility index (Phi) is 13.1. The molecular weight excluding hydrogens is 226 g/mol. The van der Waals surface area contributed by atoms with Crippen LogP contribution in [-0.2, 0) is 18.0 Å². The number of hydrogen-bond acceptors (Lipinski definition) is 5. The van der Waals surface area contributed by atoms with Gasteiger partial charge in [0.15, 0.2) is 0 Å². The summed E-state index contributed by atoms with van der Waals surface area (Å²) in [6, 6.07) is 0. The summed E-state index contributed by atoms with van der Waals surface area (Å²) in [5.74, 6) is 0. The summed E-state index contributed by atoms with van der Waals surface area (Å²) in [5.41, 5.74) is 0. The van der Waals surface area contributed by atoms with E-state index in [0.29, 0.717) is 0 Å². The Hall–Kier alpha value is 0.0169. The zero-order valence-corrected chi connectivity index (χ0v) is 11.8. The van der Waals surface area contributed by atoms with Crippen molar-refractivity contribution in [3.8, 4) is 0 Å². The van der Waals surface area contributed by atoms with Crippen molar-refractivity contribution < 1.29 is 18.0 Å². The van der Waals surface area contributed by atoms with Gasteiger partial charge in [0.05, 0.1) is 13.2 Å². The smallest absolute Gasteiger partial charge is 0.379 e. The molecule has 0 aromatic carbocycles. The van der Waals surface area contributed by atoms with Crippen LogP contribution in [0.5, 0.6) is 0 Å². The average Bonchev–Trinajstić information content (AvgIpc) is 3.22. The third-order valence-electron chi connectivity index (χ3n) is 1.78. The molecule has 1 aliphatic heterocycles. The SMILES string of the molecule is C1CC1.C1COCCN1.CO[SiH](OC)OC. The van der Waals surface area contributed by atoms with E-state index in [0.717, 1.165) is 26.3 Å². The number of morpholine rings is 1. The molecule has 0 radical (unpaired) electrons. The molecule has 0 aromatic heterocycles. The van der Waals surface area contributed by atoms with Crippen LogP contribution in [0.25, 0.3) is 0 Å². The molecule has 0 amide bonds. The molecule has 1 saturated carbocycles. The van der Waals surface area contributed by atoms with Gasteiger partial charge in [-0.3, -0.25) is 0 Å². The Morgan fingerprint density at radius 3 is 1.38 bits per heavy atom. The van der Waals surface area contributed by atoms with Crippen LogP contribution < -0.4 is 5.32 Å². The van der Waals surface area contributed by atoms with Crippen molar-refractivity contribution in [1.29, 1.82) is 0 Å². The maximum absolute atomic E-state index is 5.01. The van der Waals surface area contributed by atoms with E-state index in [4.69, 9.17) is 18.0 Å². The summed E-state index contributed by atoms with van der Waals surface area (Å²) in [6.45, 7) is 3.83. The number of hydrogen-bond donors (Lipinski definition) is 1. The topological polar surface area (TPSA) is 49.0 Å². The number of nitrogens with one attached hydrogen (secondary N) is 1. The van der Waals surface area contributed by atoms with Gasteiger partial charge in [0.1, 0.15) is 0 Å². The zero-order chi connectivity index (χ0) is 12.1. The molecule has 0 aromatic rings. The molecule has 2 fully saturated rings. The standard InChI is InChI=1S/C4H9NO.C3H10O3Si.C3H6/c1-3-6-4-2-5-1;1-4-7(5-2)6-3;1-2-3-1/h5H,1-4H2;7H,1-3H3;1-3H2. The van der Waals surface area contributed by atoms with Crippen LogP contribution in [0, 0.1) is 0 Å². The largest absolute Gasteiger partial charge is 0.483 e. The first kappa shape index (κ1) is 16.0. The summed E-state index contributed by atoms with van der Waals surface area (Å²) in [5, 5.41) is 3.16. The molecule has 1 heterocycles. The molecule has 1 N–H and O–H groups in total. The van der Waals surface area contributed by atoms with Gasteiger partial charge in [0, 0.05) is 34.4 Å². The Morgan fingerprint density at radius 2 is 1.31 bits per heavy atom. The summed E-state index contributed by atoms with van der Waals surface area (Å²) < 4.78 is 19.2. The quantitative estimate of drug-likeness (QED) is 0.737. The molecule has 1 saturated heterocycles. The van der Waals surface area contributed by atoms with Gasteiger partial charge in [-0.05, 0) is 0 Å². The van der Waals surface area contributed by atoms with Gasteiger partial charge in [-0.25, -0.2) is 0 Å². The predicted molar refractivity (Wildman–Crippen MR) is 65.7 cm³/mol. The highest BCUT2D eigenvalue weighted by molar-refractivity contribution is 6.36. The van der Waals surface area contributed by atoms with Crippen LogP contribution in [0.15, 0.2) is 0 Å². The van der Waals surface area contributed by atoms with Gasteiger partial charge in [-0.2, -0.15) is 0 Å². The lowest BCUT2D eigenvalue weighted by Gasteiger charge is -2.10. The van der Waals surface area contributed by atoms with Gasteiger partial charge in [-0.15, -0.1) is 0 Å². The third kappa shape index (κ3) is 14.0. The van der Waals surface area contributed by atoms with Gasteiger partial charge < -0.3 is 23.3 Å². The van der Waals surface area contributed by atoms with Crippen molar-refractivity contribution in [2.45, 2.75) is 19.3 Å². The Bertz CT molecular complexity index is 110. The van der Waals surface area contributed by atoms with Gasteiger partial charge >= 0.3 is 9.53 Å². The third-order valence-corrected chi connectivity index (χ3v) is 2.93. The lowest BCUT2D eigenvalue weighted by Crippen LogP contribution is -2.30. The molecule has 0 spiro atoms. The van der Waals surface area contributed by atoms with Crippen LogP contribution >= 0.6 is 0 Å². The minimum absolute atomic E-state index is 0.889. The molecule has 0 atom stereocenters. The first-order chi connectivity index (χ1) is 7.85. The minimum atomic E-state index is -1.67. The molecule has 0 unspecified atom stereocenters. The van der Waals surface area contributed by atoms with E-state index in [1.54, 1.807) is 21.3 Å². The Labute approximate surface area is 100 Å². The van der Waals surface area contributed by atoms with E-state index in [1.807, 2.05) is 0 Å². The molecule has 6 heteroatoms. The van der Waals surface area contributed by atoms with E-state index < -0.39 is 9.53 Å². The van der Waals surface area contributed by atoms with Crippen LogP contribution in [0.3, 0.4) is 0 Å². The Morgan fingerprint density at radius 1 is 0.875 bits per heavy atom. The highest BCUT2D eigenvalue weighted by Crippen LogP contribution is 2.14. The summed E-state index contributed by atoms with van der Waals surface area (Å²) in [7, 11) is 3.05. The van der Waals surface area contributed by atoms with Crippen molar-refractivity contribution in [2.24, 2.45) is 0 Å². The molecule has 1 aliphatic carbocycles. The highest BCUT2D eigenvalue weighted by atomic mass is 28.3. The molecule has 2 aliphatic rings. The van der Waals surface area contributed by atoms with Gasteiger partial charge in [0.2, 0.25) is 0 Å². The lowest BCUT2D eigenvalue weighted by molar-refractivity contribution is 0.109. The van der Waals surface area contributed by atoms with Gasteiger partial charge in [-0.1, -0.05) is 19.3 Å². The van der Waals surface area contributed by atoms with E-state index in [-0.39, 0.29) is 0 Å². The lowest BCUT2D eigenvalue weighted by atomic mass is 10.5. The first-order valence-electron chi connectivity index (χ1n) is 5.72. The molecule has 0 bridgehead atoms. The van der Waals surface area contributed by atoms with Crippen LogP contribution in [0.2, 0.25) is 0 Å². The summed E-state index contributed by atoms with van der Waals surface area (Å²) in [6.07, 6.45) is 4.50. The molecule has 5 nitrogen and oxygen atoms in total. The van der Waals surface area contributed by atoms with Crippen molar-refractivity contribution >= 4 is 9.53 Å². The molecular formula is C10H25NO4Si. The summed E-state index contributed by atoms with van der Waals surface area (Å²) in [4.78, 5) is 0. The predicted octanol–water partition coefficient (Wildman–Crippen LogP) is 0.419. The molecule has 16 heavy (non-hydrogen) atoms. The van der Waals surface area contributed by atoms with Crippen molar-refractivity contribution in [3.63, 3.8) is 0 Å². The maximum Gasteiger partial charge on any atom is 0.483 e. The number of ether oxygens (including phenoxy) is 1. The fraction of sp³-hybridized carbons (Fsp3) is 1.00. The number of rotatable bonds is 3. The Balaban J connectivity index is 0.000000225. The maximum atomic E-state index is 5.01. The molecule has 2 rings (SSSR count). The molecule has 98 valence electrons. The van der Waals surface area contributed by atoms with E-state index in [9.17, 15) is 0 Å². The second-order valence-electron chi connectivity index (χ2n) is 3.42. The van der Waals surface area contributed by atoms with Gasteiger partial charge in [0.25, 0.3) is 0 Å². The van der Waals surface area contributed by atoms with Crippen molar-refractivity contribution in [3.05, 3.63) is 0 Å².